The van der Waals surface area contributed by atoms with Crippen molar-refractivity contribution in [1.82, 2.24) is 0 Å². The molecule has 3 atom stereocenters. The van der Waals surface area contributed by atoms with Crippen molar-refractivity contribution in [1.29, 1.82) is 0 Å². The van der Waals surface area contributed by atoms with Crippen LogP contribution in [0.15, 0.2) is 0 Å². The molecule has 1 aliphatic carbocycles. The molecule has 0 aromatic carbocycles. The van der Waals surface area contributed by atoms with Gasteiger partial charge in [0.05, 0.1) is 0 Å². The Hall–Kier alpha value is 0. The molecule has 0 saturated heterocycles. The van der Waals surface area contributed by atoms with Crippen LogP contribution in [0.2, 0.25) is 0 Å². The molecule has 1 saturated carbocycles. The molecule has 0 aromatic heterocycles. The lowest BCUT2D eigenvalue weighted by Crippen LogP contribution is -2.47. The lowest BCUT2D eigenvalue weighted by molar-refractivity contribution is -0.0513. The van der Waals surface area contributed by atoms with Gasteiger partial charge in [-0.3, -0.25) is 0 Å². The number of hydrogen-bond donors (Lipinski definition) is 0. The Bertz CT molecular complexity index is 274. The van der Waals surface area contributed by atoms with Crippen LogP contribution < -0.4 is 0 Å². The first-order valence-electron chi connectivity index (χ1n) is 7.49. The zero-order chi connectivity index (χ0) is 13.6. The normalized spacial score (nSPS) is 41.5. The summed E-state index contributed by atoms with van der Waals surface area (Å²) in [6.45, 7) is 22.2. The molecule has 0 nitrogen and oxygen atoms in total. The molecule has 17 heavy (non-hydrogen) atoms. The second kappa shape index (κ2) is 4.28. The monoisotopic (exact) mass is 238 g/mol. The topological polar surface area (TPSA) is 0 Å². The molecule has 1 fully saturated rings. The Morgan fingerprint density at radius 1 is 1.00 bits per heavy atom. The fourth-order valence-electron chi connectivity index (χ4n) is 5.19. The van der Waals surface area contributed by atoms with Gasteiger partial charge in [0.25, 0.3) is 0 Å². The first-order valence-corrected chi connectivity index (χ1v) is 7.49. The predicted molar refractivity (Wildman–Crippen MR) is 78.1 cm³/mol. The van der Waals surface area contributed by atoms with Crippen molar-refractivity contribution in [2.45, 2.75) is 75.2 Å². The third kappa shape index (κ3) is 1.96. The zero-order valence-corrected chi connectivity index (χ0v) is 13.6. The third-order valence-electron chi connectivity index (χ3n) is 6.48. The Morgan fingerprint density at radius 3 is 1.82 bits per heavy atom. The van der Waals surface area contributed by atoms with E-state index in [1.54, 1.807) is 0 Å². The lowest BCUT2D eigenvalue weighted by atomic mass is 9.51. The van der Waals surface area contributed by atoms with E-state index in [1.165, 1.54) is 12.8 Å². The molecule has 0 bridgehead atoms. The van der Waals surface area contributed by atoms with E-state index in [0.29, 0.717) is 16.2 Å². The molecule has 1 aliphatic rings. The first-order chi connectivity index (χ1) is 7.49. The van der Waals surface area contributed by atoms with Crippen molar-refractivity contribution in [3.63, 3.8) is 0 Å². The fraction of sp³-hybridized carbons (Fsp3) is 1.00. The largest absolute Gasteiger partial charge is 0.0628 e. The van der Waals surface area contributed by atoms with Crippen LogP contribution in [0.4, 0.5) is 0 Å². The van der Waals surface area contributed by atoms with Crippen molar-refractivity contribution < 1.29 is 0 Å². The van der Waals surface area contributed by atoms with Crippen LogP contribution in [0.3, 0.4) is 0 Å². The minimum absolute atomic E-state index is 0.448. The van der Waals surface area contributed by atoms with Gasteiger partial charge in [0.2, 0.25) is 0 Å². The smallest absolute Gasteiger partial charge is 0.0195 e. The summed E-state index contributed by atoms with van der Waals surface area (Å²) in [6, 6.07) is 0. The van der Waals surface area contributed by atoms with Gasteiger partial charge in [-0.05, 0) is 46.8 Å². The Kier molecular flexibility index (Phi) is 3.79. The molecular weight excluding hydrogens is 204 g/mol. The summed E-state index contributed by atoms with van der Waals surface area (Å²) < 4.78 is 0. The minimum Gasteiger partial charge on any atom is -0.0628 e. The lowest BCUT2D eigenvalue weighted by Gasteiger charge is -2.53. The molecule has 0 amide bonds. The van der Waals surface area contributed by atoms with Crippen molar-refractivity contribution in [2.24, 2.45) is 34.0 Å². The minimum atomic E-state index is 0.448. The highest BCUT2D eigenvalue weighted by molar-refractivity contribution is 5.11. The summed E-state index contributed by atoms with van der Waals surface area (Å²) in [5.74, 6) is 2.40. The average molecular weight is 238 g/mol. The molecule has 0 heteroatoms. The Labute approximate surface area is 110 Å². The van der Waals surface area contributed by atoms with E-state index >= 15 is 0 Å². The van der Waals surface area contributed by atoms with Crippen LogP contribution in [-0.4, -0.2) is 0 Å². The van der Waals surface area contributed by atoms with Crippen molar-refractivity contribution >= 4 is 0 Å². The molecular formula is C17H34. The van der Waals surface area contributed by atoms with E-state index in [0.717, 1.165) is 17.8 Å². The van der Waals surface area contributed by atoms with Gasteiger partial charge >= 0.3 is 0 Å². The van der Waals surface area contributed by atoms with Gasteiger partial charge in [-0.15, -0.1) is 0 Å². The molecule has 3 unspecified atom stereocenters. The van der Waals surface area contributed by atoms with Crippen LogP contribution in [-0.2, 0) is 0 Å². The maximum absolute atomic E-state index is 2.56. The van der Waals surface area contributed by atoms with Crippen molar-refractivity contribution in [3.8, 4) is 0 Å². The molecule has 1 rings (SSSR count). The summed E-state index contributed by atoms with van der Waals surface area (Å²) >= 11 is 0. The van der Waals surface area contributed by atoms with Crippen molar-refractivity contribution in [2.75, 3.05) is 0 Å². The Balaban J connectivity index is 3.26. The van der Waals surface area contributed by atoms with E-state index in [9.17, 15) is 0 Å². The fourth-order valence-corrected chi connectivity index (χ4v) is 5.19. The van der Waals surface area contributed by atoms with Gasteiger partial charge in [0.1, 0.15) is 0 Å². The average Bonchev–Trinajstić information content (AvgIpc) is 2.24. The van der Waals surface area contributed by atoms with Crippen molar-refractivity contribution in [3.05, 3.63) is 0 Å². The standard InChI is InChI=1S/C17H34/c1-12(2)10-16(8)14(5)11-15(6,7)17(16,9)13(3)4/h12-14H,10-11H2,1-9H3. The van der Waals surface area contributed by atoms with Gasteiger partial charge in [0, 0.05) is 0 Å². The van der Waals surface area contributed by atoms with E-state index in [1.807, 2.05) is 0 Å². The SMILES string of the molecule is CC(C)CC1(C)C(C)CC(C)(C)C1(C)C(C)C. The number of rotatable bonds is 3. The summed E-state index contributed by atoms with van der Waals surface area (Å²) in [5, 5.41) is 0. The molecule has 0 aromatic rings. The third-order valence-corrected chi connectivity index (χ3v) is 6.48. The quantitative estimate of drug-likeness (QED) is 0.586. The van der Waals surface area contributed by atoms with Crippen LogP contribution in [0.1, 0.15) is 75.2 Å². The molecule has 102 valence electrons. The van der Waals surface area contributed by atoms with Gasteiger partial charge in [-0.1, -0.05) is 62.3 Å². The molecule has 0 aliphatic heterocycles. The second-order valence-corrected chi connectivity index (χ2v) is 8.36. The summed E-state index contributed by atoms with van der Waals surface area (Å²) in [6.07, 6.45) is 2.75. The van der Waals surface area contributed by atoms with Gasteiger partial charge in [0.15, 0.2) is 0 Å². The number of hydrogen-bond acceptors (Lipinski definition) is 0. The van der Waals surface area contributed by atoms with Crippen LogP contribution >= 0.6 is 0 Å². The summed E-state index contributed by atoms with van der Waals surface area (Å²) in [4.78, 5) is 0. The first kappa shape index (κ1) is 15.1. The predicted octanol–water partition coefficient (Wildman–Crippen LogP) is 5.77. The molecule has 0 spiro atoms. The highest BCUT2D eigenvalue weighted by atomic mass is 14.7. The molecule has 0 radical (unpaired) electrons. The highest BCUT2D eigenvalue weighted by Gasteiger charge is 2.62. The molecule has 0 heterocycles. The van der Waals surface area contributed by atoms with Crippen LogP contribution in [0, 0.1) is 34.0 Å². The van der Waals surface area contributed by atoms with E-state index in [4.69, 9.17) is 0 Å². The van der Waals surface area contributed by atoms with Crippen LogP contribution in [0.25, 0.3) is 0 Å². The van der Waals surface area contributed by atoms with E-state index in [-0.39, 0.29) is 0 Å². The van der Waals surface area contributed by atoms with E-state index < -0.39 is 0 Å². The van der Waals surface area contributed by atoms with E-state index in [2.05, 4.69) is 62.3 Å². The zero-order valence-electron chi connectivity index (χ0n) is 13.6. The second-order valence-electron chi connectivity index (χ2n) is 8.36. The molecule has 0 N–H and O–H groups in total. The summed E-state index contributed by atoms with van der Waals surface area (Å²) in [7, 11) is 0. The Morgan fingerprint density at radius 2 is 1.47 bits per heavy atom. The van der Waals surface area contributed by atoms with Gasteiger partial charge < -0.3 is 0 Å². The van der Waals surface area contributed by atoms with Gasteiger partial charge in [-0.2, -0.15) is 0 Å². The summed E-state index contributed by atoms with van der Waals surface area (Å²) in [5.41, 5.74) is 1.40. The highest BCUT2D eigenvalue weighted by Crippen LogP contribution is 2.69. The maximum Gasteiger partial charge on any atom is -0.0195 e. The van der Waals surface area contributed by atoms with Crippen LogP contribution in [0.5, 0.6) is 0 Å². The van der Waals surface area contributed by atoms with Gasteiger partial charge in [-0.25, -0.2) is 0 Å². The maximum atomic E-state index is 2.56.